The molecule has 0 saturated heterocycles. The minimum absolute atomic E-state index is 0. The highest BCUT2D eigenvalue weighted by atomic mass is 127. The van der Waals surface area contributed by atoms with Gasteiger partial charge in [-0.15, -0.1) is 24.0 Å². The average molecular weight is 418 g/mol. The molecule has 1 atom stereocenters. The van der Waals surface area contributed by atoms with E-state index < -0.39 is 0 Å². The first-order chi connectivity index (χ1) is 10.2. The van der Waals surface area contributed by atoms with Crippen molar-refractivity contribution in [1.82, 2.24) is 25.4 Å². The Balaban J connectivity index is 0.00000176. The Morgan fingerprint density at radius 1 is 1.45 bits per heavy atom. The van der Waals surface area contributed by atoms with Crippen molar-refractivity contribution in [3.05, 3.63) is 12.2 Å². The summed E-state index contributed by atoms with van der Waals surface area (Å²) in [6.07, 6.45) is 9.07. The highest BCUT2D eigenvalue weighted by Gasteiger charge is 2.29. The first-order valence-corrected chi connectivity index (χ1v) is 8.02. The van der Waals surface area contributed by atoms with E-state index >= 15 is 0 Å². The van der Waals surface area contributed by atoms with Crippen molar-refractivity contribution in [2.24, 2.45) is 10.4 Å². The molecule has 0 bridgehead atoms. The van der Waals surface area contributed by atoms with E-state index in [1.165, 1.54) is 25.7 Å². The minimum atomic E-state index is 0. The predicted molar refractivity (Wildman–Crippen MR) is 98.6 cm³/mol. The Labute approximate surface area is 149 Å². The lowest BCUT2D eigenvalue weighted by molar-refractivity contribution is 0.331. The number of nitrogens with one attached hydrogen (secondary N) is 2. The molecule has 1 fully saturated rings. The van der Waals surface area contributed by atoms with Crippen molar-refractivity contribution >= 4 is 29.9 Å². The second-order valence-electron chi connectivity index (χ2n) is 6.68. The van der Waals surface area contributed by atoms with Crippen molar-refractivity contribution in [3.63, 3.8) is 0 Å². The number of rotatable bonds is 3. The smallest absolute Gasteiger partial charge is 0.191 e. The molecule has 3 rings (SSSR count). The van der Waals surface area contributed by atoms with Crippen LogP contribution in [0.25, 0.3) is 0 Å². The fourth-order valence-electron chi connectivity index (χ4n) is 3.45. The molecular weight excluding hydrogens is 391 g/mol. The van der Waals surface area contributed by atoms with Crippen LogP contribution in [0.4, 0.5) is 0 Å². The van der Waals surface area contributed by atoms with Crippen molar-refractivity contribution in [1.29, 1.82) is 0 Å². The van der Waals surface area contributed by atoms with E-state index in [4.69, 9.17) is 0 Å². The van der Waals surface area contributed by atoms with Gasteiger partial charge in [-0.05, 0) is 24.7 Å². The molecule has 1 aliphatic carbocycles. The van der Waals surface area contributed by atoms with Gasteiger partial charge in [0.25, 0.3) is 0 Å². The van der Waals surface area contributed by atoms with Gasteiger partial charge in [-0.2, -0.15) is 5.10 Å². The molecule has 2 heterocycles. The van der Waals surface area contributed by atoms with Crippen LogP contribution < -0.4 is 10.6 Å². The fourth-order valence-corrected chi connectivity index (χ4v) is 3.45. The van der Waals surface area contributed by atoms with Gasteiger partial charge in [0.2, 0.25) is 0 Å². The summed E-state index contributed by atoms with van der Waals surface area (Å²) >= 11 is 0. The lowest BCUT2D eigenvalue weighted by atomic mass is 9.89. The monoisotopic (exact) mass is 418 g/mol. The van der Waals surface area contributed by atoms with Crippen LogP contribution in [0, 0.1) is 5.41 Å². The van der Waals surface area contributed by atoms with Gasteiger partial charge in [0.05, 0.1) is 6.54 Å². The quantitative estimate of drug-likeness (QED) is 0.448. The van der Waals surface area contributed by atoms with Gasteiger partial charge in [0, 0.05) is 26.1 Å². The zero-order valence-electron chi connectivity index (χ0n) is 13.5. The predicted octanol–water partition coefficient (Wildman–Crippen LogP) is 1.96. The molecule has 1 aliphatic heterocycles. The van der Waals surface area contributed by atoms with Crippen LogP contribution in [0.2, 0.25) is 0 Å². The average Bonchev–Trinajstić information content (AvgIpc) is 3.12. The summed E-state index contributed by atoms with van der Waals surface area (Å²) in [5.41, 5.74) is 0.434. The molecule has 1 aromatic rings. The van der Waals surface area contributed by atoms with Crippen molar-refractivity contribution in [2.75, 3.05) is 13.6 Å². The second-order valence-corrected chi connectivity index (χ2v) is 6.68. The molecule has 2 aliphatic rings. The van der Waals surface area contributed by atoms with Crippen LogP contribution in [0.3, 0.4) is 0 Å². The topological polar surface area (TPSA) is 67.1 Å². The molecule has 1 aromatic heterocycles. The maximum absolute atomic E-state index is 4.37. The molecule has 0 amide bonds. The molecule has 7 heteroatoms. The summed E-state index contributed by atoms with van der Waals surface area (Å²) in [6, 6.07) is 0.377. The van der Waals surface area contributed by atoms with Crippen LogP contribution in [-0.4, -0.2) is 40.4 Å². The molecular formula is C15H27IN6. The third-order valence-electron chi connectivity index (χ3n) is 4.86. The van der Waals surface area contributed by atoms with Gasteiger partial charge in [0.15, 0.2) is 5.96 Å². The van der Waals surface area contributed by atoms with E-state index in [0.29, 0.717) is 11.5 Å². The highest BCUT2D eigenvalue weighted by molar-refractivity contribution is 14.0. The summed E-state index contributed by atoms with van der Waals surface area (Å²) in [6.45, 7) is 4.25. The maximum atomic E-state index is 4.37. The Kier molecular flexibility index (Phi) is 6.05. The Bertz CT molecular complexity index is 506. The summed E-state index contributed by atoms with van der Waals surface area (Å²) in [5.74, 6) is 2.01. The zero-order valence-corrected chi connectivity index (χ0v) is 15.8. The Hall–Kier alpha value is -0.860. The third kappa shape index (κ3) is 4.11. The van der Waals surface area contributed by atoms with Gasteiger partial charge in [0.1, 0.15) is 12.2 Å². The number of halogens is 1. The first-order valence-electron chi connectivity index (χ1n) is 8.02. The lowest BCUT2D eigenvalue weighted by Gasteiger charge is -2.28. The fraction of sp³-hybridized carbons (Fsp3) is 0.800. The van der Waals surface area contributed by atoms with Crippen LogP contribution in [0.5, 0.6) is 0 Å². The Morgan fingerprint density at radius 3 is 2.95 bits per heavy atom. The first kappa shape index (κ1) is 17.5. The van der Waals surface area contributed by atoms with E-state index in [2.05, 4.69) is 32.6 Å². The number of aliphatic imine (C=N–C) groups is 1. The lowest BCUT2D eigenvalue weighted by Crippen LogP contribution is -2.49. The van der Waals surface area contributed by atoms with Crippen LogP contribution in [0.1, 0.15) is 44.9 Å². The number of hydrogen-bond donors (Lipinski definition) is 2. The van der Waals surface area contributed by atoms with Crippen LogP contribution >= 0.6 is 24.0 Å². The molecule has 22 heavy (non-hydrogen) atoms. The van der Waals surface area contributed by atoms with Crippen molar-refractivity contribution in [2.45, 2.75) is 58.0 Å². The van der Waals surface area contributed by atoms with E-state index in [1.54, 1.807) is 6.33 Å². The SMILES string of the molecule is CN=C(NCC1(C)CCCC1)NC1CCc2ncnn2C1.I. The van der Waals surface area contributed by atoms with E-state index in [9.17, 15) is 0 Å². The van der Waals surface area contributed by atoms with Crippen LogP contribution in [-0.2, 0) is 13.0 Å². The number of guanidine groups is 1. The van der Waals surface area contributed by atoms with Crippen molar-refractivity contribution in [3.8, 4) is 0 Å². The number of fused-ring (bicyclic) bond motifs is 1. The largest absolute Gasteiger partial charge is 0.356 e. The molecule has 124 valence electrons. The second kappa shape index (κ2) is 7.61. The van der Waals surface area contributed by atoms with Gasteiger partial charge < -0.3 is 10.6 Å². The van der Waals surface area contributed by atoms with E-state index in [-0.39, 0.29) is 24.0 Å². The van der Waals surface area contributed by atoms with Gasteiger partial charge >= 0.3 is 0 Å². The molecule has 6 nitrogen and oxygen atoms in total. The van der Waals surface area contributed by atoms with Gasteiger partial charge in [-0.25, -0.2) is 9.67 Å². The minimum Gasteiger partial charge on any atom is -0.356 e. The summed E-state index contributed by atoms with van der Waals surface area (Å²) in [4.78, 5) is 8.63. The summed E-state index contributed by atoms with van der Waals surface area (Å²) < 4.78 is 1.99. The highest BCUT2D eigenvalue weighted by Crippen LogP contribution is 2.36. The zero-order chi connectivity index (χ0) is 14.7. The molecule has 0 spiro atoms. The van der Waals surface area contributed by atoms with E-state index in [1.807, 2.05) is 11.7 Å². The maximum Gasteiger partial charge on any atom is 0.191 e. The summed E-state index contributed by atoms with van der Waals surface area (Å²) in [7, 11) is 1.84. The third-order valence-corrected chi connectivity index (χ3v) is 4.86. The standard InChI is InChI=1S/C15H26N6.HI/c1-15(7-3-4-8-15)10-17-14(16-2)20-12-5-6-13-18-11-19-21(13)9-12;/h11-12H,3-10H2,1-2H3,(H2,16,17,20);1H. The number of hydrogen-bond acceptors (Lipinski definition) is 3. The normalized spacial score (nSPS) is 23.5. The number of aryl methyl sites for hydroxylation is 1. The molecule has 2 N–H and O–H groups in total. The van der Waals surface area contributed by atoms with E-state index in [0.717, 1.165) is 37.7 Å². The molecule has 0 radical (unpaired) electrons. The molecule has 1 saturated carbocycles. The number of nitrogens with zero attached hydrogens (tertiary/aromatic N) is 4. The molecule has 1 unspecified atom stereocenters. The van der Waals surface area contributed by atoms with Gasteiger partial charge in [-0.1, -0.05) is 19.8 Å². The Morgan fingerprint density at radius 2 is 2.23 bits per heavy atom. The number of aromatic nitrogens is 3. The van der Waals surface area contributed by atoms with Crippen LogP contribution in [0.15, 0.2) is 11.3 Å². The summed E-state index contributed by atoms with van der Waals surface area (Å²) in [5, 5.41) is 11.3. The van der Waals surface area contributed by atoms with Crippen molar-refractivity contribution < 1.29 is 0 Å². The van der Waals surface area contributed by atoms with Gasteiger partial charge in [-0.3, -0.25) is 4.99 Å². The molecule has 0 aromatic carbocycles.